The van der Waals surface area contributed by atoms with Crippen molar-refractivity contribution in [3.05, 3.63) is 33.9 Å². The Kier molecular flexibility index (Phi) is 4.75. The molecular weight excluding hydrogens is 341 g/mol. The number of nitrogens with zero attached hydrogens (tertiary/aromatic N) is 2. The number of halogens is 2. The molecule has 0 bridgehead atoms. The smallest absolute Gasteiger partial charge is 0.410 e. The van der Waals surface area contributed by atoms with Gasteiger partial charge in [0.2, 0.25) is 0 Å². The summed E-state index contributed by atoms with van der Waals surface area (Å²) in [5.41, 5.74) is 0.799. The van der Waals surface area contributed by atoms with Crippen molar-refractivity contribution >= 4 is 40.2 Å². The Bertz CT molecular complexity index is 748. The summed E-state index contributed by atoms with van der Waals surface area (Å²) in [6, 6.07) is 4.88. The molecule has 0 radical (unpaired) electrons. The van der Waals surface area contributed by atoms with Crippen molar-refractivity contribution in [1.29, 1.82) is 0 Å². The number of phenolic OH excluding ortho intramolecular Hbond substituents is 1. The van der Waals surface area contributed by atoms with Crippen molar-refractivity contribution < 1.29 is 14.6 Å². The molecule has 0 saturated carbocycles. The first-order valence-electron chi connectivity index (χ1n) is 7.15. The Morgan fingerprint density at radius 2 is 2.04 bits per heavy atom. The van der Waals surface area contributed by atoms with Crippen LogP contribution in [0.1, 0.15) is 5.69 Å². The Labute approximate surface area is 143 Å². The molecule has 2 heterocycles. The van der Waals surface area contributed by atoms with Crippen LogP contribution in [0.5, 0.6) is 5.75 Å². The predicted octanol–water partition coefficient (Wildman–Crippen LogP) is 2.79. The minimum atomic E-state index is -0.373. The third-order valence-corrected chi connectivity index (χ3v) is 4.23. The fourth-order valence-corrected chi connectivity index (χ4v) is 2.91. The summed E-state index contributed by atoms with van der Waals surface area (Å²) in [5.74, 6) is -0.138. The molecule has 1 aliphatic heterocycles. The van der Waals surface area contributed by atoms with E-state index in [-0.39, 0.29) is 23.5 Å². The molecule has 1 saturated heterocycles. The van der Waals surface area contributed by atoms with Crippen LogP contribution in [0, 0.1) is 0 Å². The summed E-state index contributed by atoms with van der Waals surface area (Å²) in [6.07, 6.45) is -0.373. The molecule has 8 heteroatoms. The van der Waals surface area contributed by atoms with Crippen molar-refractivity contribution in [3.8, 4) is 5.75 Å². The van der Waals surface area contributed by atoms with Crippen LogP contribution in [0.3, 0.4) is 0 Å². The molecular formula is C15H15Cl2N3O3. The van der Waals surface area contributed by atoms with Gasteiger partial charge in [0.1, 0.15) is 12.1 Å². The first kappa shape index (κ1) is 16.1. The summed E-state index contributed by atoms with van der Waals surface area (Å²) < 4.78 is 5.27. The van der Waals surface area contributed by atoms with E-state index >= 15 is 0 Å². The lowest BCUT2D eigenvalue weighted by Crippen LogP contribution is -2.46. The second-order valence-corrected chi connectivity index (χ2v) is 5.99. The molecule has 122 valence electrons. The van der Waals surface area contributed by atoms with Crippen molar-refractivity contribution in [1.82, 2.24) is 15.2 Å². The van der Waals surface area contributed by atoms with Gasteiger partial charge in [-0.25, -0.2) is 9.78 Å². The maximum Gasteiger partial charge on any atom is 0.410 e. The molecule has 23 heavy (non-hydrogen) atoms. The molecule has 0 aliphatic carbocycles. The van der Waals surface area contributed by atoms with Gasteiger partial charge in [-0.3, -0.25) is 0 Å². The summed E-state index contributed by atoms with van der Waals surface area (Å²) >= 11 is 12.0. The molecule has 1 aromatic heterocycles. The van der Waals surface area contributed by atoms with Gasteiger partial charge in [-0.2, -0.15) is 0 Å². The van der Waals surface area contributed by atoms with Crippen LogP contribution in [0.15, 0.2) is 18.2 Å². The Hall–Kier alpha value is -1.76. The topological polar surface area (TPSA) is 74.7 Å². The van der Waals surface area contributed by atoms with Crippen LogP contribution < -0.4 is 5.32 Å². The number of hydrogen-bond acceptors (Lipinski definition) is 5. The highest BCUT2D eigenvalue weighted by atomic mass is 35.5. The minimum absolute atomic E-state index is 0.0161. The normalized spacial score (nSPS) is 15.0. The largest absolute Gasteiger partial charge is 0.504 e. The number of aromatic nitrogens is 1. The number of amides is 1. The number of fused-ring (bicyclic) bond motifs is 1. The molecule has 1 aliphatic rings. The van der Waals surface area contributed by atoms with Crippen molar-refractivity contribution in [2.75, 3.05) is 26.2 Å². The molecule has 6 nitrogen and oxygen atoms in total. The van der Waals surface area contributed by atoms with Crippen LogP contribution >= 0.6 is 23.2 Å². The van der Waals surface area contributed by atoms with Gasteiger partial charge in [0.15, 0.2) is 5.75 Å². The molecule has 1 aromatic carbocycles. The average Bonchev–Trinajstić information content (AvgIpc) is 2.58. The number of nitrogens with one attached hydrogen (secondary N) is 1. The van der Waals surface area contributed by atoms with E-state index in [0.29, 0.717) is 34.7 Å². The molecule has 3 rings (SSSR count). The highest BCUT2D eigenvalue weighted by Gasteiger charge is 2.18. The first-order chi connectivity index (χ1) is 11.1. The van der Waals surface area contributed by atoms with Crippen LogP contribution in [-0.4, -0.2) is 47.3 Å². The zero-order valence-corrected chi connectivity index (χ0v) is 13.7. The maximum atomic E-state index is 12.0. The number of ether oxygens (including phenoxy) is 1. The summed E-state index contributed by atoms with van der Waals surface area (Å²) in [6.45, 7) is 2.77. The number of pyridine rings is 1. The number of benzene rings is 1. The van der Waals surface area contributed by atoms with Crippen LogP contribution in [0.2, 0.25) is 10.0 Å². The lowest BCUT2D eigenvalue weighted by molar-refractivity contribution is 0.0909. The predicted molar refractivity (Wildman–Crippen MR) is 88.1 cm³/mol. The Morgan fingerprint density at radius 3 is 2.78 bits per heavy atom. The molecule has 1 fully saturated rings. The van der Waals surface area contributed by atoms with Gasteiger partial charge in [-0.05, 0) is 18.2 Å². The van der Waals surface area contributed by atoms with Crippen LogP contribution in [0.4, 0.5) is 4.79 Å². The number of rotatable bonds is 2. The molecule has 0 spiro atoms. The van der Waals surface area contributed by atoms with Crippen LogP contribution in [0.25, 0.3) is 10.9 Å². The second-order valence-electron chi connectivity index (χ2n) is 5.18. The van der Waals surface area contributed by atoms with Gasteiger partial charge in [-0.1, -0.05) is 23.2 Å². The molecule has 2 N–H and O–H groups in total. The minimum Gasteiger partial charge on any atom is -0.504 e. The maximum absolute atomic E-state index is 12.0. The van der Waals surface area contributed by atoms with Gasteiger partial charge in [0.05, 0.1) is 15.7 Å². The highest BCUT2D eigenvalue weighted by Crippen LogP contribution is 2.36. The van der Waals surface area contributed by atoms with Crippen molar-refractivity contribution in [2.45, 2.75) is 6.61 Å². The highest BCUT2D eigenvalue weighted by molar-refractivity contribution is 6.39. The second kappa shape index (κ2) is 6.78. The molecule has 1 amide bonds. The Morgan fingerprint density at radius 1 is 1.30 bits per heavy atom. The van der Waals surface area contributed by atoms with Gasteiger partial charge in [0, 0.05) is 31.6 Å². The van der Waals surface area contributed by atoms with Gasteiger partial charge in [0.25, 0.3) is 0 Å². The molecule has 2 aromatic rings. The van der Waals surface area contributed by atoms with Gasteiger partial charge >= 0.3 is 6.09 Å². The standard InChI is InChI=1S/C15H15Cl2N3O3/c16-11-7-12(17)14(21)13-10(11)2-1-9(19-13)8-23-15(22)20-5-3-18-4-6-20/h1-2,7,18,21H,3-6,8H2. The zero-order valence-electron chi connectivity index (χ0n) is 12.2. The summed E-state index contributed by atoms with van der Waals surface area (Å²) in [7, 11) is 0. The number of phenols is 1. The van der Waals surface area contributed by atoms with Gasteiger partial charge in [-0.15, -0.1) is 0 Å². The van der Waals surface area contributed by atoms with E-state index in [9.17, 15) is 9.90 Å². The van der Waals surface area contributed by atoms with E-state index in [4.69, 9.17) is 27.9 Å². The fourth-order valence-electron chi connectivity index (χ4n) is 2.40. The van der Waals surface area contributed by atoms with Gasteiger partial charge < -0.3 is 20.1 Å². The number of carbonyl (C=O) groups excluding carboxylic acids is 1. The number of hydrogen-bond donors (Lipinski definition) is 2. The Balaban J connectivity index is 1.75. The quantitative estimate of drug-likeness (QED) is 0.866. The van der Waals surface area contributed by atoms with Crippen LogP contribution in [-0.2, 0) is 11.3 Å². The number of aromatic hydroxyl groups is 1. The van der Waals surface area contributed by atoms with E-state index in [0.717, 1.165) is 13.1 Å². The molecule has 0 unspecified atom stereocenters. The first-order valence-corrected chi connectivity index (χ1v) is 7.91. The zero-order chi connectivity index (χ0) is 16.4. The van der Waals surface area contributed by atoms with E-state index < -0.39 is 0 Å². The van der Waals surface area contributed by atoms with E-state index in [1.165, 1.54) is 6.07 Å². The van der Waals surface area contributed by atoms with E-state index in [1.807, 2.05) is 0 Å². The fraction of sp³-hybridized carbons (Fsp3) is 0.333. The average molecular weight is 356 g/mol. The summed E-state index contributed by atoms with van der Waals surface area (Å²) in [4.78, 5) is 17.9. The third kappa shape index (κ3) is 3.44. The summed E-state index contributed by atoms with van der Waals surface area (Å²) in [5, 5.41) is 14.3. The third-order valence-electron chi connectivity index (χ3n) is 3.63. The lowest BCUT2D eigenvalue weighted by atomic mass is 10.2. The SMILES string of the molecule is O=C(OCc1ccc2c(Cl)cc(Cl)c(O)c2n1)N1CCNCC1. The van der Waals surface area contributed by atoms with Crippen molar-refractivity contribution in [3.63, 3.8) is 0 Å². The van der Waals surface area contributed by atoms with E-state index in [2.05, 4.69) is 10.3 Å². The van der Waals surface area contributed by atoms with Crippen molar-refractivity contribution in [2.24, 2.45) is 0 Å². The lowest BCUT2D eigenvalue weighted by Gasteiger charge is -2.26. The van der Waals surface area contributed by atoms with E-state index in [1.54, 1.807) is 17.0 Å². The molecule has 0 atom stereocenters. The number of piperazine rings is 1. The monoisotopic (exact) mass is 355 g/mol. The number of carbonyl (C=O) groups is 1.